The number of morpholine rings is 1. The number of nitrogens with zero attached hydrogens (tertiary/aromatic N) is 1. The molecule has 2 aliphatic rings. The van der Waals surface area contributed by atoms with E-state index in [0.717, 1.165) is 39.0 Å². The molecule has 1 aliphatic heterocycles. The van der Waals surface area contributed by atoms with Gasteiger partial charge in [0, 0.05) is 18.1 Å². The highest BCUT2D eigenvalue weighted by molar-refractivity contribution is 5.85. The van der Waals surface area contributed by atoms with Crippen molar-refractivity contribution >= 4 is 5.91 Å². The zero-order valence-corrected chi connectivity index (χ0v) is 11.7. The minimum Gasteiger partial charge on any atom is -0.378 e. The third-order valence-electron chi connectivity index (χ3n) is 4.59. The van der Waals surface area contributed by atoms with Crippen LogP contribution in [0.1, 0.15) is 33.1 Å². The number of rotatable bonds is 3. The Kier molecular flexibility index (Phi) is 3.67. The Hall–Kier alpha value is -0.650. The van der Waals surface area contributed by atoms with Gasteiger partial charge >= 0.3 is 0 Å². The number of nitrogens with one attached hydrogen (secondary N) is 1. The van der Waals surface area contributed by atoms with Crippen LogP contribution in [0.2, 0.25) is 0 Å². The lowest BCUT2D eigenvalue weighted by Gasteiger charge is -2.46. The Morgan fingerprint density at radius 1 is 1.50 bits per heavy atom. The number of carbonyl (C=O) groups excluding carboxylic acids is 1. The van der Waals surface area contributed by atoms with Crippen LogP contribution >= 0.6 is 0 Å². The number of hydrogen-bond donors (Lipinski definition) is 2. The smallest absolute Gasteiger partial charge is 0.237 e. The molecule has 0 spiro atoms. The number of likely N-dealkylation sites (N-methyl/N-ethyl adjacent to an activating group) is 1. The molecule has 1 heterocycles. The van der Waals surface area contributed by atoms with Crippen LogP contribution < -0.4 is 11.1 Å². The number of primary amides is 1. The van der Waals surface area contributed by atoms with E-state index in [2.05, 4.69) is 24.1 Å². The SMILES string of the molecule is CNC1(C(N)=O)CCC(N2CCOCC2(C)C)C1. The Morgan fingerprint density at radius 3 is 2.72 bits per heavy atom. The van der Waals surface area contributed by atoms with Crippen LogP contribution in [0.3, 0.4) is 0 Å². The number of carbonyl (C=O) groups is 1. The van der Waals surface area contributed by atoms with E-state index in [-0.39, 0.29) is 11.4 Å². The molecule has 2 fully saturated rings. The van der Waals surface area contributed by atoms with Crippen molar-refractivity contribution in [1.82, 2.24) is 10.2 Å². The third kappa shape index (κ3) is 2.27. The zero-order chi connectivity index (χ0) is 13.4. The van der Waals surface area contributed by atoms with Gasteiger partial charge in [0.1, 0.15) is 0 Å². The Balaban J connectivity index is 2.10. The number of ether oxygens (including phenoxy) is 1. The molecular formula is C13H25N3O2. The molecule has 0 bridgehead atoms. The predicted molar refractivity (Wildman–Crippen MR) is 70.2 cm³/mol. The van der Waals surface area contributed by atoms with E-state index in [9.17, 15) is 4.79 Å². The highest BCUT2D eigenvalue weighted by Gasteiger charge is 2.47. The van der Waals surface area contributed by atoms with Crippen molar-refractivity contribution in [3.8, 4) is 0 Å². The van der Waals surface area contributed by atoms with Gasteiger partial charge in [0.2, 0.25) is 5.91 Å². The average molecular weight is 255 g/mol. The second kappa shape index (κ2) is 4.79. The van der Waals surface area contributed by atoms with Gasteiger partial charge in [-0.25, -0.2) is 0 Å². The molecule has 2 atom stereocenters. The van der Waals surface area contributed by atoms with Gasteiger partial charge in [0.05, 0.1) is 18.8 Å². The summed E-state index contributed by atoms with van der Waals surface area (Å²) in [5.74, 6) is -0.224. The molecule has 5 nitrogen and oxygen atoms in total. The van der Waals surface area contributed by atoms with Crippen molar-refractivity contribution in [3.05, 3.63) is 0 Å². The Bertz CT molecular complexity index is 332. The molecule has 5 heteroatoms. The molecule has 2 unspecified atom stereocenters. The zero-order valence-electron chi connectivity index (χ0n) is 11.7. The summed E-state index contributed by atoms with van der Waals surface area (Å²) < 4.78 is 5.55. The third-order valence-corrected chi connectivity index (χ3v) is 4.59. The summed E-state index contributed by atoms with van der Waals surface area (Å²) in [5, 5.41) is 3.14. The Labute approximate surface area is 109 Å². The lowest BCUT2D eigenvalue weighted by atomic mass is 9.94. The predicted octanol–water partition coefficient (Wildman–Crippen LogP) is 0.0932. The summed E-state index contributed by atoms with van der Waals surface area (Å²) in [6, 6.07) is 0.420. The van der Waals surface area contributed by atoms with Crippen LogP contribution in [0.5, 0.6) is 0 Å². The van der Waals surface area contributed by atoms with Crippen molar-refractivity contribution in [1.29, 1.82) is 0 Å². The molecular weight excluding hydrogens is 230 g/mol. The second-order valence-electron chi connectivity index (χ2n) is 6.15. The van der Waals surface area contributed by atoms with Gasteiger partial charge < -0.3 is 15.8 Å². The molecule has 1 saturated heterocycles. The first-order valence-corrected chi connectivity index (χ1v) is 6.75. The molecule has 2 rings (SSSR count). The average Bonchev–Trinajstić information content (AvgIpc) is 2.74. The molecule has 104 valence electrons. The molecule has 1 saturated carbocycles. The van der Waals surface area contributed by atoms with Crippen molar-refractivity contribution in [2.24, 2.45) is 5.73 Å². The summed E-state index contributed by atoms with van der Waals surface area (Å²) in [5.41, 5.74) is 5.09. The Morgan fingerprint density at radius 2 is 2.22 bits per heavy atom. The molecule has 0 aromatic rings. The van der Waals surface area contributed by atoms with Gasteiger partial charge in [-0.15, -0.1) is 0 Å². The maximum Gasteiger partial charge on any atom is 0.237 e. The molecule has 1 amide bonds. The van der Waals surface area contributed by atoms with Gasteiger partial charge in [-0.2, -0.15) is 0 Å². The number of hydrogen-bond acceptors (Lipinski definition) is 4. The number of amides is 1. The van der Waals surface area contributed by atoms with Crippen molar-refractivity contribution in [2.75, 3.05) is 26.8 Å². The summed E-state index contributed by atoms with van der Waals surface area (Å²) in [7, 11) is 1.83. The molecule has 3 N–H and O–H groups in total. The van der Waals surface area contributed by atoms with Gasteiger partial charge in [0.15, 0.2) is 0 Å². The number of nitrogens with two attached hydrogens (primary N) is 1. The summed E-state index contributed by atoms with van der Waals surface area (Å²) >= 11 is 0. The first-order chi connectivity index (χ1) is 8.41. The van der Waals surface area contributed by atoms with E-state index in [1.165, 1.54) is 0 Å². The van der Waals surface area contributed by atoms with Gasteiger partial charge in [0.25, 0.3) is 0 Å². The maximum atomic E-state index is 11.7. The normalized spacial score (nSPS) is 36.7. The van der Waals surface area contributed by atoms with Crippen LogP contribution in [0.25, 0.3) is 0 Å². The summed E-state index contributed by atoms with van der Waals surface area (Å²) in [4.78, 5) is 14.1. The van der Waals surface area contributed by atoms with Crippen molar-refractivity contribution in [3.63, 3.8) is 0 Å². The topological polar surface area (TPSA) is 67.6 Å². The minimum absolute atomic E-state index is 0.0460. The van der Waals surface area contributed by atoms with Gasteiger partial charge in [-0.3, -0.25) is 9.69 Å². The lowest BCUT2D eigenvalue weighted by molar-refractivity contribution is -0.124. The lowest BCUT2D eigenvalue weighted by Crippen LogP contribution is -2.58. The molecule has 0 aromatic heterocycles. The first-order valence-electron chi connectivity index (χ1n) is 6.75. The van der Waals surface area contributed by atoms with Crippen LogP contribution in [-0.2, 0) is 9.53 Å². The fourth-order valence-corrected chi connectivity index (χ4v) is 3.41. The quantitative estimate of drug-likeness (QED) is 0.750. The molecule has 0 aromatic carbocycles. The molecule has 18 heavy (non-hydrogen) atoms. The van der Waals surface area contributed by atoms with Crippen molar-refractivity contribution in [2.45, 2.75) is 50.2 Å². The standard InChI is InChI=1S/C13H25N3O2/c1-12(2)9-18-7-6-16(12)10-4-5-13(8-10,15-3)11(14)17/h10,15H,4-9H2,1-3H3,(H2,14,17). The van der Waals surface area contributed by atoms with Crippen LogP contribution in [0, 0.1) is 0 Å². The second-order valence-corrected chi connectivity index (χ2v) is 6.15. The molecule has 0 radical (unpaired) electrons. The van der Waals surface area contributed by atoms with Crippen LogP contribution in [0.15, 0.2) is 0 Å². The fraction of sp³-hybridized carbons (Fsp3) is 0.923. The van der Waals surface area contributed by atoms with Crippen LogP contribution in [0.4, 0.5) is 0 Å². The monoisotopic (exact) mass is 255 g/mol. The maximum absolute atomic E-state index is 11.7. The van der Waals surface area contributed by atoms with E-state index in [1.807, 2.05) is 7.05 Å². The van der Waals surface area contributed by atoms with Crippen molar-refractivity contribution < 1.29 is 9.53 Å². The van der Waals surface area contributed by atoms with E-state index in [4.69, 9.17) is 10.5 Å². The van der Waals surface area contributed by atoms with E-state index < -0.39 is 5.54 Å². The van der Waals surface area contributed by atoms with E-state index >= 15 is 0 Å². The highest BCUT2D eigenvalue weighted by atomic mass is 16.5. The van der Waals surface area contributed by atoms with Gasteiger partial charge in [-0.05, 0) is 40.2 Å². The first kappa shape index (κ1) is 13.8. The largest absolute Gasteiger partial charge is 0.378 e. The summed E-state index contributed by atoms with van der Waals surface area (Å²) in [6.07, 6.45) is 2.66. The van der Waals surface area contributed by atoms with E-state index in [1.54, 1.807) is 0 Å². The highest BCUT2D eigenvalue weighted by Crippen LogP contribution is 2.36. The van der Waals surface area contributed by atoms with E-state index in [0.29, 0.717) is 6.04 Å². The minimum atomic E-state index is -0.515. The molecule has 1 aliphatic carbocycles. The fourth-order valence-electron chi connectivity index (χ4n) is 3.41. The summed E-state index contributed by atoms with van der Waals surface area (Å²) in [6.45, 7) is 6.89. The van der Waals surface area contributed by atoms with Crippen LogP contribution in [-0.4, -0.2) is 54.7 Å². The van der Waals surface area contributed by atoms with Gasteiger partial charge in [-0.1, -0.05) is 0 Å².